The number of amides is 1. The Morgan fingerprint density at radius 1 is 0.974 bits per heavy atom. The molecule has 3 heterocycles. The van der Waals surface area contributed by atoms with Gasteiger partial charge in [-0.25, -0.2) is 9.97 Å². The van der Waals surface area contributed by atoms with Crippen LogP contribution in [0.15, 0.2) is 67.0 Å². The van der Waals surface area contributed by atoms with Crippen molar-refractivity contribution < 1.29 is 19.4 Å². The third kappa shape index (κ3) is 6.19. The molecule has 2 aromatic carbocycles. The lowest BCUT2D eigenvalue weighted by molar-refractivity contribution is -0.276. The molecule has 1 aromatic heterocycles. The standard InChI is InChI=1S/C29H35N5O4/c1-20-26(18-33-14-16-34(17-15-33)29-30-12-3-13-31-29)37-28(24-8-10-25(11-9-24)32-21(2)36)38-27(20)23-6-4-22(19-35)5-7-23/h3-13,20,26-28,35H,14-19H2,1-2H3,(H,32,36). The first-order chi connectivity index (χ1) is 18.5. The van der Waals surface area contributed by atoms with Crippen molar-refractivity contribution in [2.75, 3.05) is 42.9 Å². The van der Waals surface area contributed by atoms with Crippen molar-refractivity contribution in [2.45, 2.75) is 39.0 Å². The molecule has 0 saturated carbocycles. The average molecular weight is 518 g/mol. The molecule has 9 nitrogen and oxygen atoms in total. The minimum atomic E-state index is -0.538. The van der Waals surface area contributed by atoms with Crippen LogP contribution in [-0.4, -0.2) is 64.7 Å². The Bertz CT molecular complexity index is 1180. The van der Waals surface area contributed by atoms with Gasteiger partial charge in [0.1, 0.15) is 0 Å². The summed E-state index contributed by atoms with van der Waals surface area (Å²) in [6.07, 6.45) is 2.81. The van der Waals surface area contributed by atoms with Crippen LogP contribution >= 0.6 is 0 Å². The molecule has 1 amide bonds. The number of nitrogens with zero attached hydrogens (tertiary/aromatic N) is 4. The van der Waals surface area contributed by atoms with Crippen LogP contribution in [0, 0.1) is 5.92 Å². The predicted octanol–water partition coefficient (Wildman–Crippen LogP) is 3.54. The van der Waals surface area contributed by atoms with Gasteiger partial charge >= 0.3 is 0 Å². The molecular weight excluding hydrogens is 482 g/mol. The Balaban J connectivity index is 1.32. The van der Waals surface area contributed by atoms with Crippen LogP contribution in [0.1, 0.15) is 42.9 Å². The summed E-state index contributed by atoms with van der Waals surface area (Å²) in [6, 6.07) is 17.4. The molecule has 4 unspecified atom stereocenters. The number of nitrogens with one attached hydrogen (secondary N) is 1. The predicted molar refractivity (Wildman–Crippen MR) is 144 cm³/mol. The molecule has 4 atom stereocenters. The number of rotatable bonds is 7. The summed E-state index contributed by atoms with van der Waals surface area (Å²) in [6.45, 7) is 8.00. The minimum Gasteiger partial charge on any atom is -0.392 e. The Kier molecular flexibility index (Phi) is 8.29. The second-order valence-corrected chi connectivity index (χ2v) is 9.96. The van der Waals surface area contributed by atoms with Gasteiger partial charge in [-0.15, -0.1) is 0 Å². The van der Waals surface area contributed by atoms with E-state index < -0.39 is 6.29 Å². The second-order valence-electron chi connectivity index (χ2n) is 9.96. The highest BCUT2D eigenvalue weighted by Crippen LogP contribution is 2.42. The van der Waals surface area contributed by atoms with Crippen molar-refractivity contribution in [2.24, 2.45) is 5.92 Å². The number of ether oxygens (including phenoxy) is 2. The molecule has 200 valence electrons. The molecule has 0 radical (unpaired) electrons. The van der Waals surface area contributed by atoms with Gasteiger partial charge in [0, 0.05) is 69.2 Å². The monoisotopic (exact) mass is 517 g/mol. The molecule has 0 aliphatic carbocycles. The lowest BCUT2D eigenvalue weighted by Gasteiger charge is -2.44. The third-order valence-corrected chi connectivity index (χ3v) is 7.27. The third-order valence-electron chi connectivity index (χ3n) is 7.27. The summed E-state index contributed by atoms with van der Waals surface area (Å²) in [5.74, 6) is 0.777. The lowest BCUT2D eigenvalue weighted by atomic mass is 9.90. The van der Waals surface area contributed by atoms with Crippen molar-refractivity contribution >= 4 is 17.5 Å². The zero-order valence-corrected chi connectivity index (χ0v) is 21.9. The Hall–Kier alpha value is -3.37. The van der Waals surface area contributed by atoms with E-state index >= 15 is 0 Å². The summed E-state index contributed by atoms with van der Waals surface area (Å²) < 4.78 is 13.1. The SMILES string of the molecule is CC(=O)Nc1ccc(C2OC(CN3CCN(c4ncccn4)CC3)C(C)C(c3ccc(CO)cc3)O2)cc1. The van der Waals surface area contributed by atoms with E-state index in [4.69, 9.17) is 9.47 Å². The highest BCUT2D eigenvalue weighted by molar-refractivity contribution is 5.88. The maximum atomic E-state index is 11.4. The molecule has 38 heavy (non-hydrogen) atoms. The van der Waals surface area contributed by atoms with E-state index in [2.05, 4.69) is 32.0 Å². The number of benzene rings is 2. The number of aliphatic hydroxyl groups is 1. The minimum absolute atomic E-state index is 0.0103. The fraction of sp³-hybridized carbons (Fsp3) is 0.414. The molecule has 0 bridgehead atoms. The highest BCUT2D eigenvalue weighted by Gasteiger charge is 2.39. The van der Waals surface area contributed by atoms with E-state index in [0.29, 0.717) is 0 Å². The molecule has 2 aliphatic rings. The summed E-state index contributed by atoms with van der Waals surface area (Å²) in [4.78, 5) is 24.9. The number of anilines is 2. The van der Waals surface area contributed by atoms with Gasteiger partial charge in [0.2, 0.25) is 11.9 Å². The van der Waals surface area contributed by atoms with Crippen LogP contribution < -0.4 is 10.2 Å². The quantitative estimate of drug-likeness (QED) is 0.491. The smallest absolute Gasteiger partial charge is 0.225 e. The van der Waals surface area contributed by atoms with E-state index in [9.17, 15) is 9.90 Å². The largest absolute Gasteiger partial charge is 0.392 e. The number of aromatic nitrogens is 2. The first kappa shape index (κ1) is 26.2. The van der Waals surface area contributed by atoms with Crippen LogP contribution in [-0.2, 0) is 20.9 Å². The normalized spacial score (nSPS) is 24.2. The van der Waals surface area contributed by atoms with Crippen LogP contribution in [0.2, 0.25) is 0 Å². The van der Waals surface area contributed by atoms with Gasteiger partial charge in [-0.3, -0.25) is 9.69 Å². The number of hydrogen-bond donors (Lipinski definition) is 2. The Labute approximate surface area is 223 Å². The van der Waals surface area contributed by atoms with E-state index in [1.165, 1.54) is 6.92 Å². The number of carbonyl (C=O) groups excluding carboxylic acids is 1. The van der Waals surface area contributed by atoms with E-state index in [1.807, 2.05) is 54.6 Å². The van der Waals surface area contributed by atoms with Crippen LogP contribution in [0.5, 0.6) is 0 Å². The van der Waals surface area contributed by atoms with Gasteiger partial charge < -0.3 is 24.8 Å². The maximum Gasteiger partial charge on any atom is 0.225 e. The second kappa shape index (κ2) is 12.0. The van der Waals surface area contributed by atoms with E-state index in [-0.39, 0.29) is 30.6 Å². The van der Waals surface area contributed by atoms with Crippen LogP contribution in [0.4, 0.5) is 11.6 Å². The van der Waals surface area contributed by atoms with Gasteiger partial charge in [-0.1, -0.05) is 43.3 Å². The zero-order valence-electron chi connectivity index (χ0n) is 21.9. The van der Waals surface area contributed by atoms with Gasteiger partial charge in [0.25, 0.3) is 0 Å². The van der Waals surface area contributed by atoms with Gasteiger partial charge in [0.15, 0.2) is 6.29 Å². The summed E-state index contributed by atoms with van der Waals surface area (Å²) >= 11 is 0. The van der Waals surface area contributed by atoms with Crippen molar-refractivity contribution in [3.05, 3.63) is 83.7 Å². The number of hydrogen-bond acceptors (Lipinski definition) is 8. The molecule has 2 fully saturated rings. The molecule has 2 N–H and O–H groups in total. The maximum absolute atomic E-state index is 11.4. The number of piperazine rings is 1. The molecule has 9 heteroatoms. The molecule has 5 rings (SSSR count). The summed E-state index contributed by atoms with van der Waals surface area (Å²) in [7, 11) is 0. The van der Waals surface area contributed by atoms with Gasteiger partial charge in [-0.05, 0) is 29.3 Å². The Morgan fingerprint density at radius 2 is 1.63 bits per heavy atom. The molecule has 3 aromatic rings. The van der Waals surface area contributed by atoms with E-state index in [1.54, 1.807) is 12.4 Å². The fourth-order valence-corrected chi connectivity index (χ4v) is 5.09. The number of aliphatic hydroxyl groups excluding tert-OH is 1. The number of carbonyl (C=O) groups is 1. The summed E-state index contributed by atoms with van der Waals surface area (Å²) in [5, 5.41) is 12.3. The first-order valence-corrected chi connectivity index (χ1v) is 13.1. The molecule has 2 aliphatic heterocycles. The van der Waals surface area contributed by atoms with Gasteiger partial charge in [-0.2, -0.15) is 0 Å². The fourth-order valence-electron chi connectivity index (χ4n) is 5.09. The van der Waals surface area contributed by atoms with Crippen molar-refractivity contribution in [1.29, 1.82) is 0 Å². The van der Waals surface area contributed by atoms with Crippen molar-refractivity contribution in [3.63, 3.8) is 0 Å². The van der Waals surface area contributed by atoms with Crippen molar-refractivity contribution in [1.82, 2.24) is 14.9 Å². The van der Waals surface area contributed by atoms with Crippen LogP contribution in [0.3, 0.4) is 0 Å². The average Bonchev–Trinajstić information content (AvgIpc) is 2.95. The van der Waals surface area contributed by atoms with Crippen LogP contribution in [0.25, 0.3) is 0 Å². The molecule has 0 spiro atoms. The van der Waals surface area contributed by atoms with Gasteiger partial charge in [0.05, 0.1) is 18.8 Å². The lowest BCUT2D eigenvalue weighted by Crippen LogP contribution is -2.51. The summed E-state index contributed by atoms with van der Waals surface area (Å²) in [5.41, 5.74) is 3.57. The molecule has 2 saturated heterocycles. The zero-order chi connectivity index (χ0) is 26.5. The van der Waals surface area contributed by atoms with Crippen molar-refractivity contribution in [3.8, 4) is 0 Å². The first-order valence-electron chi connectivity index (χ1n) is 13.1. The molecular formula is C29H35N5O4. The van der Waals surface area contributed by atoms with E-state index in [0.717, 1.165) is 61.0 Å². The Morgan fingerprint density at radius 3 is 2.26 bits per heavy atom. The topological polar surface area (TPSA) is 100 Å². The highest BCUT2D eigenvalue weighted by atomic mass is 16.7.